The lowest BCUT2D eigenvalue weighted by Gasteiger charge is -2.34. The molecule has 0 spiro atoms. The van der Waals surface area contributed by atoms with E-state index in [9.17, 15) is 13.2 Å². The number of amides is 1. The minimum Gasteiger partial charge on any atom is -0.339 e. The van der Waals surface area contributed by atoms with E-state index in [1.165, 1.54) is 9.87 Å². The number of hydrogen-bond donors (Lipinski definition) is 1. The van der Waals surface area contributed by atoms with Crippen molar-refractivity contribution in [1.29, 1.82) is 0 Å². The van der Waals surface area contributed by atoms with E-state index in [0.717, 1.165) is 11.1 Å². The third-order valence-electron chi connectivity index (χ3n) is 5.91. The zero-order valence-electron chi connectivity index (χ0n) is 18.8. The summed E-state index contributed by atoms with van der Waals surface area (Å²) in [6, 6.07) is 15.4. The van der Waals surface area contributed by atoms with Crippen molar-refractivity contribution in [3.8, 4) is 0 Å². The van der Waals surface area contributed by atoms with Crippen LogP contribution in [-0.2, 0) is 14.8 Å². The zero-order valence-corrected chi connectivity index (χ0v) is 19.7. The number of sulfonamides is 1. The molecule has 0 aliphatic carbocycles. The van der Waals surface area contributed by atoms with Crippen molar-refractivity contribution in [2.75, 3.05) is 32.7 Å². The number of benzene rings is 2. The van der Waals surface area contributed by atoms with Gasteiger partial charge in [-0.05, 0) is 43.0 Å². The average Bonchev–Trinajstić information content (AvgIpc) is 2.77. The molecule has 1 heterocycles. The van der Waals surface area contributed by atoms with Crippen LogP contribution in [0.25, 0.3) is 0 Å². The number of piperazine rings is 1. The van der Waals surface area contributed by atoms with E-state index in [4.69, 9.17) is 0 Å². The van der Waals surface area contributed by atoms with Crippen LogP contribution in [-0.4, -0.2) is 56.3 Å². The highest BCUT2D eigenvalue weighted by molar-refractivity contribution is 7.89. The molecule has 0 radical (unpaired) electrons. The monoisotopic (exact) mass is 443 g/mol. The van der Waals surface area contributed by atoms with Gasteiger partial charge in [0.25, 0.3) is 0 Å². The molecule has 3 rings (SSSR count). The van der Waals surface area contributed by atoms with Gasteiger partial charge in [0.1, 0.15) is 0 Å². The summed E-state index contributed by atoms with van der Waals surface area (Å²) in [6.45, 7) is 9.98. The van der Waals surface area contributed by atoms with E-state index < -0.39 is 10.0 Å². The normalized spacial score (nSPS) is 16.5. The van der Waals surface area contributed by atoms with E-state index >= 15 is 0 Å². The van der Waals surface area contributed by atoms with Crippen LogP contribution in [0.15, 0.2) is 53.4 Å². The second-order valence-corrected chi connectivity index (χ2v) is 10.5. The van der Waals surface area contributed by atoms with Gasteiger partial charge in [-0.25, -0.2) is 8.42 Å². The molecular weight excluding hydrogens is 410 g/mol. The Hall–Kier alpha value is -2.22. The molecule has 7 heteroatoms. The van der Waals surface area contributed by atoms with Crippen LogP contribution in [0.1, 0.15) is 49.4 Å². The molecule has 2 aromatic rings. The second kappa shape index (κ2) is 9.94. The van der Waals surface area contributed by atoms with Crippen molar-refractivity contribution in [3.63, 3.8) is 0 Å². The Labute approximate surface area is 186 Å². The molecule has 0 bridgehead atoms. The molecule has 1 saturated heterocycles. The van der Waals surface area contributed by atoms with Crippen molar-refractivity contribution in [3.05, 3.63) is 65.2 Å². The zero-order chi connectivity index (χ0) is 22.6. The molecular formula is C24H33N3O3S. The predicted octanol–water partition coefficient (Wildman–Crippen LogP) is 3.30. The third kappa shape index (κ3) is 5.73. The molecule has 6 nitrogen and oxygen atoms in total. The first-order valence-corrected chi connectivity index (χ1v) is 12.3. The number of nitrogens with zero attached hydrogens (tertiary/aromatic N) is 2. The van der Waals surface area contributed by atoms with Gasteiger partial charge in [0.15, 0.2) is 0 Å². The third-order valence-corrected chi connectivity index (χ3v) is 7.83. The lowest BCUT2D eigenvalue weighted by Crippen LogP contribution is -2.52. The van der Waals surface area contributed by atoms with Crippen LogP contribution >= 0.6 is 0 Å². The minimum absolute atomic E-state index is 0.00182. The molecule has 0 saturated carbocycles. The fourth-order valence-electron chi connectivity index (χ4n) is 3.68. The summed E-state index contributed by atoms with van der Waals surface area (Å²) in [4.78, 5) is 14.7. The number of aryl methyl sites for hydroxylation is 1. The molecule has 1 atom stereocenters. The van der Waals surface area contributed by atoms with Gasteiger partial charge in [-0.2, -0.15) is 4.31 Å². The highest BCUT2D eigenvalue weighted by atomic mass is 32.2. The molecule has 1 amide bonds. The number of nitrogens with one attached hydrogen (secondary N) is 1. The first-order valence-electron chi connectivity index (χ1n) is 10.9. The van der Waals surface area contributed by atoms with Crippen molar-refractivity contribution in [1.82, 2.24) is 14.5 Å². The topological polar surface area (TPSA) is 69.7 Å². The molecule has 168 valence electrons. The van der Waals surface area contributed by atoms with Gasteiger partial charge < -0.3 is 10.2 Å². The number of carbonyl (C=O) groups excluding carboxylic acids is 1. The van der Waals surface area contributed by atoms with Crippen LogP contribution in [0, 0.1) is 6.92 Å². The summed E-state index contributed by atoms with van der Waals surface area (Å²) in [6.07, 6.45) is 0. The molecule has 1 N–H and O–H groups in total. The van der Waals surface area contributed by atoms with Gasteiger partial charge in [0, 0.05) is 32.2 Å². The molecule has 1 aliphatic heterocycles. The maximum atomic E-state index is 12.8. The summed E-state index contributed by atoms with van der Waals surface area (Å²) in [5.41, 5.74) is 3.46. The van der Waals surface area contributed by atoms with Gasteiger partial charge in [-0.3, -0.25) is 4.79 Å². The summed E-state index contributed by atoms with van der Waals surface area (Å²) in [5, 5.41) is 3.29. The van der Waals surface area contributed by atoms with Gasteiger partial charge in [-0.1, -0.05) is 55.8 Å². The Kier molecular flexibility index (Phi) is 7.51. The first kappa shape index (κ1) is 23.4. The Bertz CT molecular complexity index is 978. The van der Waals surface area contributed by atoms with E-state index in [2.05, 4.69) is 43.4 Å². The van der Waals surface area contributed by atoms with Crippen LogP contribution in [0.4, 0.5) is 0 Å². The lowest BCUT2D eigenvalue weighted by atomic mass is 9.99. The number of hydrogen-bond acceptors (Lipinski definition) is 4. The van der Waals surface area contributed by atoms with E-state index in [-0.39, 0.29) is 18.5 Å². The van der Waals surface area contributed by atoms with Crippen molar-refractivity contribution in [2.24, 2.45) is 0 Å². The molecule has 0 unspecified atom stereocenters. The Morgan fingerprint density at radius 3 is 2.00 bits per heavy atom. The van der Waals surface area contributed by atoms with Gasteiger partial charge in [0.2, 0.25) is 15.9 Å². The smallest absolute Gasteiger partial charge is 0.243 e. The fourth-order valence-corrected chi connectivity index (χ4v) is 5.10. The van der Waals surface area contributed by atoms with E-state index in [1.54, 1.807) is 29.2 Å². The molecule has 2 aromatic carbocycles. The number of carbonyl (C=O) groups is 1. The number of rotatable bonds is 7. The van der Waals surface area contributed by atoms with Crippen LogP contribution in [0.5, 0.6) is 0 Å². The highest BCUT2D eigenvalue weighted by Crippen LogP contribution is 2.20. The van der Waals surface area contributed by atoms with E-state index in [0.29, 0.717) is 37.0 Å². The maximum absolute atomic E-state index is 12.8. The van der Waals surface area contributed by atoms with Crippen LogP contribution in [0.2, 0.25) is 0 Å². The fraction of sp³-hybridized carbons (Fsp3) is 0.458. The predicted molar refractivity (Wildman–Crippen MR) is 123 cm³/mol. The molecule has 1 aliphatic rings. The quantitative estimate of drug-likeness (QED) is 0.713. The lowest BCUT2D eigenvalue weighted by molar-refractivity contribution is -0.131. The van der Waals surface area contributed by atoms with Gasteiger partial charge in [-0.15, -0.1) is 0 Å². The maximum Gasteiger partial charge on any atom is 0.243 e. The molecule has 31 heavy (non-hydrogen) atoms. The molecule has 0 aromatic heterocycles. The van der Waals surface area contributed by atoms with Crippen molar-refractivity contribution in [2.45, 2.75) is 44.6 Å². The Morgan fingerprint density at radius 2 is 1.45 bits per heavy atom. The summed E-state index contributed by atoms with van der Waals surface area (Å²) >= 11 is 0. The van der Waals surface area contributed by atoms with E-state index in [1.807, 2.05) is 13.8 Å². The van der Waals surface area contributed by atoms with Crippen LogP contribution in [0.3, 0.4) is 0 Å². The summed E-state index contributed by atoms with van der Waals surface area (Å²) in [7, 11) is -3.52. The summed E-state index contributed by atoms with van der Waals surface area (Å²) in [5.74, 6) is 0.491. The second-order valence-electron chi connectivity index (χ2n) is 8.52. The first-order chi connectivity index (χ1) is 14.7. The van der Waals surface area contributed by atoms with Gasteiger partial charge >= 0.3 is 0 Å². The minimum atomic E-state index is -3.52. The Morgan fingerprint density at radius 1 is 0.903 bits per heavy atom. The molecule has 1 fully saturated rings. The van der Waals surface area contributed by atoms with Crippen molar-refractivity contribution >= 4 is 15.9 Å². The highest BCUT2D eigenvalue weighted by Gasteiger charge is 2.30. The average molecular weight is 444 g/mol. The summed E-state index contributed by atoms with van der Waals surface area (Å²) < 4.78 is 27.1. The van der Waals surface area contributed by atoms with Crippen LogP contribution < -0.4 is 5.32 Å². The van der Waals surface area contributed by atoms with Gasteiger partial charge in [0.05, 0.1) is 11.4 Å². The largest absolute Gasteiger partial charge is 0.339 e. The standard InChI is InChI=1S/C24H33N3O3S/c1-18(2)21-7-9-22(10-8-21)20(4)25-17-24(28)26-13-15-27(16-14-26)31(29,30)23-11-5-19(3)6-12-23/h5-12,18,20,25H,13-17H2,1-4H3/t20-/m0/s1. The van der Waals surface area contributed by atoms with Crippen molar-refractivity contribution < 1.29 is 13.2 Å². The SMILES string of the molecule is Cc1ccc(S(=O)(=O)N2CCN(C(=O)CN[C@@H](C)c3ccc(C(C)C)cc3)CC2)cc1. The Balaban J connectivity index is 1.50.